The van der Waals surface area contributed by atoms with Crippen LogP contribution in [0.5, 0.6) is 0 Å². The minimum Gasteiger partial charge on any atom is -0.466 e. The van der Waals surface area contributed by atoms with Crippen LogP contribution in [0.3, 0.4) is 0 Å². The van der Waals surface area contributed by atoms with Gasteiger partial charge in [0.1, 0.15) is 6.67 Å². The Hall–Kier alpha value is -2.36. The minimum atomic E-state index is -4.77. The van der Waals surface area contributed by atoms with Gasteiger partial charge in [0, 0.05) is 11.0 Å². The number of allylic oxidation sites excluding steroid dienone is 2. The number of dihydropyridines is 1. The predicted molar refractivity (Wildman–Crippen MR) is 99.8 cm³/mol. The van der Waals surface area contributed by atoms with Gasteiger partial charge in [-0.1, -0.05) is 34.1 Å². The highest BCUT2D eigenvalue weighted by atomic mass is 79.9. The van der Waals surface area contributed by atoms with Gasteiger partial charge >= 0.3 is 18.1 Å². The van der Waals surface area contributed by atoms with Crippen molar-refractivity contribution < 1.29 is 36.6 Å². The molecule has 0 radical (unpaired) electrons. The van der Waals surface area contributed by atoms with E-state index in [9.17, 15) is 27.2 Å². The number of nitrogens with one attached hydrogen (secondary N) is 1. The first kappa shape index (κ1) is 22.9. The van der Waals surface area contributed by atoms with Crippen LogP contribution < -0.4 is 5.32 Å². The molecule has 2 rings (SSSR count). The average molecular weight is 480 g/mol. The molecule has 0 amide bonds. The number of ether oxygens (including phenoxy) is 2. The standard InChI is InChI=1S/C19H18BrF4NO4/c1-3-29-18(27)15-12(8-20)25-13(9-21)16(17(26)28-2)14(15)10-6-4-5-7-11(10)19(22,23)24/h4-7,14,25H,3,8-9H2,1-2H3. The van der Waals surface area contributed by atoms with E-state index < -0.39 is 41.8 Å². The van der Waals surface area contributed by atoms with Gasteiger partial charge in [0.25, 0.3) is 0 Å². The van der Waals surface area contributed by atoms with Crippen molar-refractivity contribution in [3.05, 3.63) is 57.9 Å². The van der Waals surface area contributed by atoms with Crippen LogP contribution >= 0.6 is 15.9 Å². The fourth-order valence-corrected chi connectivity index (χ4v) is 3.58. The zero-order valence-corrected chi connectivity index (χ0v) is 17.1. The van der Waals surface area contributed by atoms with Gasteiger partial charge in [-0.25, -0.2) is 14.0 Å². The lowest BCUT2D eigenvalue weighted by Gasteiger charge is -2.32. The van der Waals surface area contributed by atoms with Crippen LogP contribution in [0.25, 0.3) is 0 Å². The van der Waals surface area contributed by atoms with E-state index >= 15 is 0 Å². The largest absolute Gasteiger partial charge is 0.466 e. The van der Waals surface area contributed by atoms with Crippen LogP contribution in [-0.4, -0.2) is 37.7 Å². The summed E-state index contributed by atoms with van der Waals surface area (Å²) in [5.41, 5.74) is -2.25. The molecule has 0 fully saturated rings. The van der Waals surface area contributed by atoms with E-state index in [0.29, 0.717) is 0 Å². The summed E-state index contributed by atoms with van der Waals surface area (Å²) in [6, 6.07) is 4.50. The summed E-state index contributed by atoms with van der Waals surface area (Å²) >= 11 is 3.15. The molecule has 0 saturated carbocycles. The summed E-state index contributed by atoms with van der Waals surface area (Å²) < 4.78 is 64.5. The maximum absolute atomic E-state index is 13.7. The first-order valence-corrected chi connectivity index (χ1v) is 9.59. The molecular formula is C19H18BrF4NO4. The van der Waals surface area contributed by atoms with Gasteiger partial charge < -0.3 is 14.8 Å². The Balaban J connectivity index is 2.88. The number of halogens is 5. The maximum atomic E-state index is 13.7. The second-order valence-electron chi connectivity index (χ2n) is 5.91. The fourth-order valence-electron chi connectivity index (χ4n) is 3.14. The lowest BCUT2D eigenvalue weighted by Crippen LogP contribution is -2.35. The molecule has 0 spiro atoms. The van der Waals surface area contributed by atoms with Gasteiger partial charge in [0.05, 0.1) is 42.0 Å². The van der Waals surface area contributed by atoms with E-state index in [1.807, 2.05) is 0 Å². The summed E-state index contributed by atoms with van der Waals surface area (Å²) in [7, 11) is 1.02. The molecule has 29 heavy (non-hydrogen) atoms. The van der Waals surface area contributed by atoms with Gasteiger partial charge in [-0.15, -0.1) is 0 Å². The molecule has 1 N–H and O–H groups in total. The Morgan fingerprint density at radius 2 is 1.76 bits per heavy atom. The number of carbonyl (C=O) groups is 2. The van der Waals surface area contributed by atoms with E-state index in [1.165, 1.54) is 19.1 Å². The summed E-state index contributed by atoms with van der Waals surface area (Å²) in [5, 5.41) is 2.61. The number of carbonyl (C=O) groups excluding carboxylic acids is 2. The molecule has 1 aliphatic rings. The lowest BCUT2D eigenvalue weighted by atomic mass is 9.78. The van der Waals surface area contributed by atoms with Crippen molar-refractivity contribution in [2.24, 2.45) is 0 Å². The summed E-state index contributed by atoms with van der Waals surface area (Å²) in [6.45, 7) is 0.311. The van der Waals surface area contributed by atoms with E-state index in [0.717, 1.165) is 19.2 Å². The average Bonchev–Trinajstić information content (AvgIpc) is 2.70. The van der Waals surface area contributed by atoms with Crippen LogP contribution in [0.15, 0.2) is 46.8 Å². The van der Waals surface area contributed by atoms with Gasteiger partial charge in [0.2, 0.25) is 0 Å². The molecule has 1 aliphatic heterocycles. The number of esters is 2. The van der Waals surface area contributed by atoms with E-state index in [1.54, 1.807) is 0 Å². The summed E-state index contributed by atoms with van der Waals surface area (Å²) in [6.07, 6.45) is -4.77. The highest BCUT2D eigenvalue weighted by Crippen LogP contribution is 2.44. The molecule has 1 atom stereocenters. The third-order valence-corrected chi connectivity index (χ3v) is 4.84. The van der Waals surface area contributed by atoms with E-state index in [-0.39, 0.29) is 34.5 Å². The molecule has 1 unspecified atom stereocenters. The van der Waals surface area contributed by atoms with Crippen LogP contribution in [0, 0.1) is 0 Å². The molecule has 10 heteroatoms. The number of hydrogen-bond acceptors (Lipinski definition) is 5. The molecule has 5 nitrogen and oxygen atoms in total. The van der Waals surface area contributed by atoms with Crippen molar-refractivity contribution >= 4 is 27.9 Å². The third-order valence-electron chi connectivity index (χ3n) is 4.27. The summed E-state index contributed by atoms with van der Waals surface area (Å²) in [4.78, 5) is 25.1. The molecule has 1 aromatic carbocycles. The maximum Gasteiger partial charge on any atom is 0.416 e. The molecule has 1 aromatic rings. The Kier molecular flexibility index (Phi) is 7.45. The van der Waals surface area contributed by atoms with Gasteiger partial charge in [-0.2, -0.15) is 13.2 Å². The number of hydrogen-bond donors (Lipinski definition) is 1. The van der Waals surface area contributed by atoms with Gasteiger partial charge in [-0.3, -0.25) is 0 Å². The normalized spacial score (nSPS) is 17.1. The first-order valence-electron chi connectivity index (χ1n) is 8.47. The fraction of sp³-hybridized carbons (Fsp3) is 0.368. The first-order chi connectivity index (χ1) is 13.7. The highest BCUT2D eigenvalue weighted by molar-refractivity contribution is 9.09. The topological polar surface area (TPSA) is 64.6 Å². The van der Waals surface area contributed by atoms with Crippen molar-refractivity contribution in [1.82, 2.24) is 5.32 Å². The SMILES string of the molecule is CCOC(=O)C1=C(CBr)NC(CF)=C(C(=O)OC)C1c1ccccc1C(F)(F)F. The predicted octanol–water partition coefficient (Wildman–Crippen LogP) is 4.00. The molecule has 1 heterocycles. The molecule has 0 bridgehead atoms. The van der Waals surface area contributed by atoms with Crippen molar-refractivity contribution in [1.29, 1.82) is 0 Å². The van der Waals surface area contributed by atoms with Crippen molar-refractivity contribution in [3.8, 4) is 0 Å². The Labute approximate surface area is 172 Å². The molecule has 0 aliphatic carbocycles. The Morgan fingerprint density at radius 3 is 2.28 bits per heavy atom. The van der Waals surface area contributed by atoms with E-state index in [2.05, 4.69) is 26.0 Å². The van der Waals surface area contributed by atoms with Crippen molar-refractivity contribution in [2.75, 3.05) is 25.7 Å². The number of methoxy groups -OCH3 is 1. The quantitative estimate of drug-likeness (QED) is 0.379. The number of benzene rings is 1. The zero-order valence-electron chi connectivity index (χ0n) is 15.5. The van der Waals surface area contributed by atoms with Crippen LogP contribution in [0.1, 0.15) is 24.0 Å². The summed E-state index contributed by atoms with van der Waals surface area (Å²) in [5.74, 6) is -3.50. The van der Waals surface area contributed by atoms with E-state index in [4.69, 9.17) is 4.74 Å². The molecule has 0 aromatic heterocycles. The second kappa shape index (κ2) is 9.43. The molecule has 158 valence electrons. The molecule has 0 saturated heterocycles. The van der Waals surface area contributed by atoms with Crippen LogP contribution in [-0.2, 0) is 25.2 Å². The number of alkyl halides is 5. The van der Waals surface area contributed by atoms with Crippen molar-refractivity contribution in [3.63, 3.8) is 0 Å². The number of rotatable bonds is 6. The van der Waals surface area contributed by atoms with Crippen molar-refractivity contribution in [2.45, 2.75) is 19.0 Å². The van der Waals surface area contributed by atoms with Gasteiger partial charge in [-0.05, 0) is 18.6 Å². The third kappa shape index (κ3) is 4.63. The van der Waals surface area contributed by atoms with Crippen LogP contribution in [0.4, 0.5) is 17.6 Å². The highest BCUT2D eigenvalue weighted by Gasteiger charge is 2.44. The lowest BCUT2D eigenvalue weighted by molar-refractivity contribution is -0.141. The van der Waals surface area contributed by atoms with Gasteiger partial charge in [0.15, 0.2) is 0 Å². The Bertz CT molecular complexity index is 864. The zero-order chi connectivity index (χ0) is 21.8. The smallest absolute Gasteiger partial charge is 0.416 e. The Morgan fingerprint density at radius 1 is 1.14 bits per heavy atom. The second-order valence-corrected chi connectivity index (χ2v) is 6.47. The van der Waals surface area contributed by atoms with Crippen LogP contribution in [0.2, 0.25) is 0 Å². The minimum absolute atomic E-state index is 0.0101. The monoisotopic (exact) mass is 479 g/mol. The molecular weight excluding hydrogens is 462 g/mol.